The molecule has 1 aliphatic rings. The largest absolute Gasteiger partial charge is 0.309 e. The predicted octanol–water partition coefficient (Wildman–Crippen LogP) is 1.70. The minimum atomic E-state index is -0.887. The number of hydrogen-bond donors (Lipinski definition) is 1. The Kier molecular flexibility index (Phi) is 2.69. The van der Waals surface area contributed by atoms with E-state index in [1.54, 1.807) is 18.2 Å². The van der Waals surface area contributed by atoms with Crippen molar-refractivity contribution >= 4 is 11.6 Å². The van der Waals surface area contributed by atoms with Crippen molar-refractivity contribution in [1.82, 2.24) is 0 Å². The molecule has 3 heteroatoms. The monoisotopic (exact) mass is 180 g/mol. The minimum Gasteiger partial charge on any atom is -0.309 e. The smallest absolute Gasteiger partial charge is 0.120 e. The topological polar surface area (TPSA) is 49.8 Å². The van der Waals surface area contributed by atoms with Crippen LogP contribution in [0.25, 0.3) is 0 Å². The maximum Gasteiger partial charge on any atom is 0.120 e. The molecular formula is C9H9ClN2. The first-order valence-corrected chi connectivity index (χ1v) is 3.95. The van der Waals surface area contributed by atoms with Gasteiger partial charge in [-0.2, -0.15) is 5.26 Å². The lowest BCUT2D eigenvalue weighted by Gasteiger charge is -2.25. The molecule has 0 fully saturated rings. The molecule has 0 bridgehead atoms. The molecule has 0 heterocycles. The molecule has 2 nitrogen and oxygen atoms in total. The summed E-state index contributed by atoms with van der Waals surface area (Å²) in [7, 11) is 0. The fourth-order valence-corrected chi connectivity index (χ4v) is 1.22. The molecule has 1 aliphatic carbocycles. The Labute approximate surface area is 76.6 Å². The SMILES string of the molecule is N#C/C=C/C1C=CC=CC1(N)Cl. The number of hydrogen-bond acceptors (Lipinski definition) is 2. The average molecular weight is 181 g/mol. The predicted molar refractivity (Wildman–Crippen MR) is 49.3 cm³/mol. The number of allylic oxidation sites excluding steroid dienone is 3. The van der Waals surface area contributed by atoms with Gasteiger partial charge in [0.2, 0.25) is 0 Å². The summed E-state index contributed by atoms with van der Waals surface area (Å²) >= 11 is 5.95. The second-order valence-corrected chi connectivity index (χ2v) is 3.24. The van der Waals surface area contributed by atoms with Crippen LogP contribution in [0.1, 0.15) is 0 Å². The molecule has 0 saturated carbocycles. The molecule has 0 aromatic rings. The van der Waals surface area contributed by atoms with Gasteiger partial charge in [0.15, 0.2) is 0 Å². The van der Waals surface area contributed by atoms with E-state index < -0.39 is 5.00 Å². The second kappa shape index (κ2) is 3.57. The van der Waals surface area contributed by atoms with E-state index in [2.05, 4.69) is 0 Å². The van der Waals surface area contributed by atoms with Crippen LogP contribution in [0.5, 0.6) is 0 Å². The molecule has 62 valence electrons. The first-order valence-electron chi connectivity index (χ1n) is 3.57. The lowest BCUT2D eigenvalue weighted by molar-refractivity contribution is 0.617. The summed E-state index contributed by atoms with van der Waals surface area (Å²) in [5, 5.41) is 8.30. The summed E-state index contributed by atoms with van der Waals surface area (Å²) in [6.45, 7) is 0. The van der Waals surface area contributed by atoms with Crippen molar-refractivity contribution in [2.75, 3.05) is 0 Å². The summed E-state index contributed by atoms with van der Waals surface area (Å²) in [5.41, 5.74) is 5.73. The third-order valence-electron chi connectivity index (χ3n) is 1.67. The van der Waals surface area contributed by atoms with Crippen LogP contribution in [-0.2, 0) is 0 Å². The van der Waals surface area contributed by atoms with Crippen LogP contribution in [0.4, 0.5) is 0 Å². The Balaban J connectivity index is 2.78. The molecule has 1 rings (SSSR count). The maximum atomic E-state index is 8.30. The lowest BCUT2D eigenvalue weighted by atomic mass is 9.95. The Hall–Kier alpha value is -1.04. The molecule has 0 spiro atoms. The molecular weight excluding hydrogens is 172 g/mol. The third-order valence-corrected chi connectivity index (χ3v) is 2.05. The van der Waals surface area contributed by atoms with Gasteiger partial charge >= 0.3 is 0 Å². The molecule has 0 amide bonds. The fraction of sp³-hybridized carbons (Fsp3) is 0.222. The zero-order valence-corrected chi connectivity index (χ0v) is 7.20. The molecule has 0 aromatic heterocycles. The van der Waals surface area contributed by atoms with E-state index in [-0.39, 0.29) is 5.92 Å². The van der Waals surface area contributed by atoms with Gasteiger partial charge in [-0.05, 0) is 6.08 Å². The lowest BCUT2D eigenvalue weighted by Crippen LogP contribution is -2.38. The number of rotatable bonds is 1. The Bertz CT molecular complexity index is 281. The summed E-state index contributed by atoms with van der Waals surface area (Å²) in [6, 6.07) is 1.90. The van der Waals surface area contributed by atoms with Gasteiger partial charge in [-0.1, -0.05) is 35.9 Å². The van der Waals surface area contributed by atoms with Crippen LogP contribution >= 0.6 is 11.6 Å². The van der Waals surface area contributed by atoms with E-state index in [4.69, 9.17) is 22.6 Å². The van der Waals surface area contributed by atoms with Gasteiger partial charge in [0.25, 0.3) is 0 Å². The van der Waals surface area contributed by atoms with Crippen molar-refractivity contribution in [3.05, 3.63) is 36.5 Å². The minimum absolute atomic E-state index is 0.108. The van der Waals surface area contributed by atoms with E-state index in [9.17, 15) is 0 Å². The van der Waals surface area contributed by atoms with Crippen molar-refractivity contribution in [1.29, 1.82) is 5.26 Å². The van der Waals surface area contributed by atoms with Gasteiger partial charge in [-0.15, -0.1) is 0 Å². The van der Waals surface area contributed by atoms with Gasteiger partial charge < -0.3 is 5.73 Å². The molecule has 0 aromatic carbocycles. The van der Waals surface area contributed by atoms with Gasteiger partial charge in [0, 0.05) is 12.0 Å². The number of nitrogens with two attached hydrogens (primary N) is 1. The number of nitrogens with zero attached hydrogens (tertiary/aromatic N) is 1. The van der Waals surface area contributed by atoms with Gasteiger partial charge in [0.1, 0.15) is 5.00 Å². The first kappa shape index (κ1) is 9.05. The number of nitriles is 1. The normalized spacial score (nSPS) is 33.9. The molecule has 2 atom stereocenters. The molecule has 0 radical (unpaired) electrons. The molecule has 0 saturated heterocycles. The van der Waals surface area contributed by atoms with Crippen molar-refractivity contribution in [2.24, 2.45) is 11.7 Å². The quantitative estimate of drug-likeness (QED) is 0.379. The Morgan fingerprint density at radius 1 is 1.58 bits per heavy atom. The van der Waals surface area contributed by atoms with Crippen molar-refractivity contribution in [3.8, 4) is 6.07 Å². The third kappa shape index (κ3) is 1.97. The van der Waals surface area contributed by atoms with Crippen LogP contribution in [0.15, 0.2) is 36.5 Å². The summed E-state index contributed by atoms with van der Waals surface area (Å²) in [5.74, 6) is -0.108. The van der Waals surface area contributed by atoms with Crippen molar-refractivity contribution in [2.45, 2.75) is 5.00 Å². The van der Waals surface area contributed by atoms with Crippen LogP contribution < -0.4 is 5.73 Å². The fourth-order valence-electron chi connectivity index (χ4n) is 1.00. The van der Waals surface area contributed by atoms with Gasteiger partial charge in [-0.3, -0.25) is 0 Å². The van der Waals surface area contributed by atoms with Crippen molar-refractivity contribution in [3.63, 3.8) is 0 Å². The Morgan fingerprint density at radius 3 is 2.92 bits per heavy atom. The van der Waals surface area contributed by atoms with Crippen LogP contribution in [0.3, 0.4) is 0 Å². The molecule has 2 unspecified atom stereocenters. The zero-order chi connectivity index (χ0) is 9.03. The van der Waals surface area contributed by atoms with Gasteiger partial charge in [0.05, 0.1) is 6.07 Å². The van der Waals surface area contributed by atoms with Crippen LogP contribution in [0, 0.1) is 17.2 Å². The van der Waals surface area contributed by atoms with E-state index >= 15 is 0 Å². The van der Waals surface area contributed by atoms with E-state index in [0.29, 0.717) is 0 Å². The highest BCUT2D eigenvalue weighted by molar-refractivity contribution is 6.25. The van der Waals surface area contributed by atoms with E-state index in [0.717, 1.165) is 0 Å². The van der Waals surface area contributed by atoms with Crippen molar-refractivity contribution < 1.29 is 0 Å². The van der Waals surface area contributed by atoms with Crippen LogP contribution in [0.2, 0.25) is 0 Å². The maximum absolute atomic E-state index is 8.30. The first-order chi connectivity index (χ1) is 5.67. The zero-order valence-electron chi connectivity index (χ0n) is 6.44. The standard InChI is InChI=1S/C9H9ClN2/c10-9(12)6-2-1-4-8(9)5-3-7-11/h1-6,8H,12H2/b5-3+. The molecule has 12 heavy (non-hydrogen) atoms. The van der Waals surface area contributed by atoms with Gasteiger partial charge in [-0.25, -0.2) is 0 Å². The summed E-state index contributed by atoms with van der Waals surface area (Å²) in [4.78, 5) is -0.887. The Morgan fingerprint density at radius 2 is 2.33 bits per heavy atom. The summed E-state index contributed by atoms with van der Waals surface area (Å²) < 4.78 is 0. The molecule has 2 N–H and O–H groups in total. The number of alkyl halides is 1. The average Bonchev–Trinajstić information content (AvgIpc) is 2.02. The highest BCUT2D eigenvalue weighted by Gasteiger charge is 2.27. The highest BCUT2D eigenvalue weighted by atomic mass is 35.5. The summed E-state index contributed by atoms with van der Waals surface area (Å²) in [6.07, 6.45) is 10.3. The second-order valence-electron chi connectivity index (χ2n) is 2.59. The van der Waals surface area contributed by atoms with E-state index in [1.165, 1.54) is 6.08 Å². The highest BCUT2D eigenvalue weighted by Crippen LogP contribution is 2.26. The van der Waals surface area contributed by atoms with E-state index in [1.807, 2.05) is 18.2 Å². The molecule has 0 aliphatic heterocycles. The number of halogens is 1. The van der Waals surface area contributed by atoms with Crippen LogP contribution in [-0.4, -0.2) is 5.00 Å².